The van der Waals surface area contributed by atoms with Crippen LogP contribution in [-0.2, 0) is 124 Å². The van der Waals surface area contributed by atoms with Gasteiger partial charge in [0.1, 0.15) is 11.4 Å². The number of nitrogens with zero attached hydrogens (tertiary/aromatic N) is 15. The number of nitrogens with two attached hydrogens (primary N) is 1. The Morgan fingerprint density at radius 1 is 0.554 bits per heavy atom. The number of halogens is 1. The van der Waals surface area contributed by atoms with Crippen molar-refractivity contribution in [3.63, 3.8) is 0 Å². The van der Waals surface area contributed by atoms with Gasteiger partial charge in [0, 0.05) is 86.7 Å². The van der Waals surface area contributed by atoms with Crippen LogP contribution >= 0.6 is 79.4 Å². The summed E-state index contributed by atoms with van der Waals surface area (Å²) in [5.41, 5.74) is 19.2. The predicted octanol–water partition coefficient (Wildman–Crippen LogP) is 12.8. The summed E-state index contributed by atoms with van der Waals surface area (Å²) < 4.78 is 20.5. The van der Waals surface area contributed by atoms with Gasteiger partial charge in [0.25, 0.3) is 0 Å². The molecule has 0 amide bonds. The first kappa shape index (κ1) is 84.0. The maximum Gasteiger partial charge on any atom is 0.384 e. The summed E-state index contributed by atoms with van der Waals surface area (Å²) in [6.07, 6.45) is 46.0. The highest BCUT2D eigenvalue weighted by Gasteiger charge is 2.30. The van der Waals surface area contributed by atoms with Gasteiger partial charge in [0.05, 0.1) is 84.7 Å². The van der Waals surface area contributed by atoms with E-state index in [0.29, 0.717) is 24.6 Å². The van der Waals surface area contributed by atoms with Crippen LogP contribution < -0.4 is 27.3 Å². The number of ether oxygens (including phenoxy) is 2. The summed E-state index contributed by atoms with van der Waals surface area (Å²) in [6, 6.07) is 10.4. The number of rotatable bonds is 15. The molecule has 0 bridgehead atoms. The number of thiazole rings is 7. The van der Waals surface area contributed by atoms with E-state index in [2.05, 4.69) is 60.8 Å². The van der Waals surface area contributed by atoms with E-state index < -0.39 is 6.10 Å². The van der Waals surface area contributed by atoms with E-state index in [-0.39, 0.29) is 42.1 Å². The van der Waals surface area contributed by atoms with Crippen LogP contribution in [0.15, 0.2) is 65.1 Å². The van der Waals surface area contributed by atoms with Crippen LogP contribution in [0.2, 0.25) is 0 Å². The second kappa shape index (κ2) is 40.7. The van der Waals surface area contributed by atoms with Crippen molar-refractivity contribution >= 4 is 145 Å². The fraction of sp³-hybridized carbons (Fsp3) is 0.506. The van der Waals surface area contributed by atoms with Crippen LogP contribution in [0, 0.1) is 0 Å². The molecule has 11 heterocycles. The van der Waals surface area contributed by atoms with Crippen LogP contribution in [0.3, 0.4) is 0 Å². The molecule has 19 rings (SSSR count). The van der Waals surface area contributed by atoms with Gasteiger partial charge in [-0.05, 0) is 222 Å². The average Bonchev–Trinajstić information content (AvgIpc) is 1.59. The summed E-state index contributed by atoms with van der Waals surface area (Å²) in [7, 11) is 7.81. The van der Waals surface area contributed by atoms with Gasteiger partial charge < -0.3 is 52.2 Å². The van der Waals surface area contributed by atoms with E-state index in [0.717, 1.165) is 130 Å². The molecule has 0 saturated heterocycles. The molecule has 23 nitrogen and oxygen atoms in total. The maximum absolute atomic E-state index is 11.8. The van der Waals surface area contributed by atoms with E-state index in [9.17, 15) is 24.6 Å². The lowest BCUT2D eigenvalue weighted by Crippen LogP contribution is -3.00. The number of carbonyl (C=O) groups is 3. The highest BCUT2D eigenvalue weighted by Crippen LogP contribution is 2.38. The van der Waals surface area contributed by atoms with Gasteiger partial charge in [0.2, 0.25) is 11.5 Å². The largest absolute Gasteiger partial charge is 1.00 e. The minimum Gasteiger partial charge on any atom is -1.00 e. The zero-order valence-corrected chi connectivity index (χ0v) is 72.3. The van der Waals surface area contributed by atoms with Gasteiger partial charge in [-0.2, -0.15) is 0 Å². The molecule has 7 aliphatic carbocycles. The number of carbonyl (C=O) groups excluding carboxylic acids is 3. The van der Waals surface area contributed by atoms with E-state index in [1.165, 1.54) is 195 Å². The standard InChI is InChI=1S/C18H20N2OS.C14H22N3O2S.C12H14N2O2S.C10H15N3S.C10H12N2OS.C10H10N2OS.C7H10N2S.BrH/c21-16(11-10-13-6-2-1-3-7-13)15-12-19-18-20(15)14-8-4-5-9-17(14)22-18;1-4-19-13(18)9-17-11-7-5-6-8-12(11)20-14(17)15-10-16(2)3;1-2-16-11(15)9-7-13-12-14(9)8-5-3-4-6-10(8)17-12;1-13(2)7-11-10-12-8-5-3-4-6-9(8)14-10;2*13-6-7-5-11-10-12(7)8-3-1-2-4-9(8)14-10;8-7-9-5-3-1-2-4-6(5)10-7;/h1-3,6-7,12,16,21H,4-5,8-11H2;10H,4-9H2,1-3H3;7H,2-6H2,1H3;7H,3-6H2,1-2H3;5,13H,1-4,6H2;5-6H,1-4H2;1-4H2,(H2,8,9);1H/q;+1;;;;;;/p-1. The van der Waals surface area contributed by atoms with E-state index in [1.807, 2.05) is 95.9 Å². The van der Waals surface area contributed by atoms with E-state index >= 15 is 0 Å². The Morgan fingerprint density at radius 3 is 1.62 bits per heavy atom. The summed E-state index contributed by atoms with van der Waals surface area (Å²) in [5.74, 6) is -0.462. The summed E-state index contributed by atoms with van der Waals surface area (Å²) in [6.45, 7) is 4.82. The highest BCUT2D eigenvalue weighted by molar-refractivity contribution is 7.18. The number of hydrogen-bond donors (Lipinski definition) is 3. The molecule has 1 unspecified atom stereocenters. The lowest BCUT2D eigenvalue weighted by Gasteiger charge is -2.14. The smallest absolute Gasteiger partial charge is 0.384 e. The first-order chi connectivity index (χ1) is 54.2. The quantitative estimate of drug-likeness (QED) is 0.0283. The minimum absolute atomic E-state index is 0. The van der Waals surface area contributed by atoms with Gasteiger partial charge in [-0.1, -0.05) is 41.7 Å². The number of imidazole rings is 4. The Kier molecular flexibility index (Phi) is 30.5. The van der Waals surface area contributed by atoms with Crippen molar-refractivity contribution in [3.8, 4) is 0 Å². The van der Waals surface area contributed by atoms with Gasteiger partial charge >= 0.3 is 17.1 Å². The summed E-state index contributed by atoms with van der Waals surface area (Å²) >= 11 is 12.1. The van der Waals surface area contributed by atoms with Gasteiger partial charge in [0.15, 0.2) is 43.5 Å². The van der Waals surface area contributed by atoms with Crippen molar-refractivity contribution in [2.75, 3.05) is 47.1 Å². The number of aliphatic hydroxyl groups is 2. The Morgan fingerprint density at radius 2 is 1.04 bits per heavy atom. The van der Waals surface area contributed by atoms with E-state index in [1.54, 1.807) is 104 Å². The fourth-order valence-corrected chi connectivity index (χ4v) is 23.0. The lowest BCUT2D eigenvalue weighted by molar-refractivity contribution is -0.676. The minimum atomic E-state index is -0.448. The number of nitrogen functional groups attached to an aromatic ring is 1. The van der Waals surface area contributed by atoms with Gasteiger partial charge in [-0.3, -0.25) is 22.4 Å². The molecular weight excluding hydrogens is 1610 g/mol. The number of hydrogen-bond acceptors (Lipinski definition) is 23. The zero-order valence-electron chi connectivity index (χ0n) is 65.0. The SMILES string of the molecule is CCOC(=O)C[n+]1c(N=CN(C)C)sc2c1CCCC2.CCOC(=O)c1cnc2sc3c(n12)CCCC3.CN(C)C=Nc1nc2c(s1)CCCC2.Nc1nc2c(s1)CCCC2.O=Cc1cnc2sc3c(n12)CCCC3.OC(CCc1ccccc1)c1cnc2sc3c(n12)CCCC3.OCc1cnc2sc3c(n12)CCCC3.[Br-]. The number of esters is 2. The maximum atomic E-state index is 11.8. The molecular formula is C81H103BrN16O7S7. The number of aldehydes is 1. The molecule has 0 aliphatic heterocycles. The van der Waals surface area contributed by atoms with Crippen molar-refractivity contribution in [1.82, 2.24) is 57.3 Å². The number of benzene rings is 1. The van der Waals surface area contributed by atoms with Crippen LogP contribution in [-0.4, -0.2) is 140 Å². The van der Waals surface area contributed by atoms with Crippen molar-refractivity contribution in [2.45, 2.75) is 226 Å². The Bertz CT molecular complexity index is 5110. The van der Waals surface area contributed by atoms with Crippen LogP contribution in [0.4, 0.5) is 15.4 Å². The van der Waals surface area contributed by atoms with Crippen molar-refractivity contribution < 1.29 is 55.6 Å². The van der Waals surface area contributed by atoms with Crippen LogP contribution in [0.25, 0.3) is 19.8 Å². The predicted molar refractivity (Wildman–Crippen MR) is 449 cm³/mol. The third-order valence-electron chi connectivity index (χ3n) is 20.4. The molecule has 4 N–H and O–H groups in total. The fourth-order valence-electron chi connectivity index (χ4n) is 15.2. The number of aliphatic imine (C=N–C) groups is 2. The molecule has 0 radical (unpaired) electrons. The molecule has 12 aromatic rings. The third-order valence-corrected chi connectivity index (χ3v) is 28.3. The molecule has 31 heteroatoms. The van der Waals surface area contributed by atoms with Crippen molar-refractivity contribution in [1.29, 1.82) is 0 Å². The molecule has 0 fully saturated rings. The van der Waals surface area contributed by atoms with Gasteiger partial charge in [-0.15, -0.1) is 56.7 Å². The Labute approximate surface area is 693 Å². The molecule has 11 aromatic heterocycles. The number of aryl methyl sites for hydroxylation is 14. The van der Waals surface area contributed by atoms with Crippen molar-refractivity contribution in [2.24, 2.45) is 9.98 Å². The van der Waals surface area contributed by atoms with Crippen LogP contribution in [0.5, 0.6) is 0 Å². The monoisotopic (exact) mass is 1710 g/mol. The normalized spacial score (nSPS) is 15.4. The molecule has 7 aliphatic rings. The molecule has 1 aromatic carbocycles. The first-order valence-corrected chi connectivity index (χ1v) is 45.1. The topological polar surface area (TPSA) is 266 Å². The first-order valence-electron chi connectivity index (χ1n) is 39.4. The zero-order chi connectivity index (χ0) is 77.3. The molecule has 112 heavy (non-hydrogen) atoms. The van der Waals surface area contributed by atoms with Crippen molar-refractivity contribution in [3.05, 3.63) is 157 Å². The third kappa shape index (κ3) is 20.6. The number of aliphatic hydroxyl groups excluding tert-OH is 2. The molecule has 0 spiro atoms. The summed E-state index contributed by atoms with van der Waals surface area (Å²) in [4.78, 5) is 87.2. The number of aromatic nitrogens is 11. The van der Waals surface area contributed by atoms with Gasteiger partial charge in [-0.25, -0.2) is 49.1 Å². The molecule has 1 atom stereocenters. The van der Waals surface area contributed by atoms with E-state index in [4.69, 9.17) is 15.2 Å². The van der Waals surface area contributed by atoms with Crippen LogP contribution in [0.1, 0.15) is 228 Å². The Hall–Kier alpha value is -7.46. The highest BCUT2D eigenvalue weighted by atomic mass is 79.9. The lowest BCUT2D eigenvalue weighted by atomic mass is 10.0. The molecule has 0 saturated carbocycles. The average molecular weight is 1720 g/mol. The number of fused-ring (bicyclic) bond motifs is 15. The molecule has 598 valence electrons. The second-order valence-corrected chi connectivity index (χ2v) is 36.4. The number of anilines is 1. The Balaban J connectivity index is 0.000000122. The summed E-state index contributed by atoms with van der Waals surface area (Å²) in [5, 5.41) is 22.4. The second-order valence-electron chi connectivity index (χ2n) is 29.0.